The van der Waals surface area contributed by atoms with Crippen LogP contribution in [0, 0.1) is 0 Å². The summed E-state index contributed by atoms with van der Waals surface area (Å²) in [5, 5.41) is 1.11. The van der Waals surface area contributed by atoms with E-state index in [0.29, 0.717) is 11.8 Å². The molecule has 0 N–H and O–H groups in total. The summed E-state index contributed by atoms with van der Waals surface area (Å²) in [7, 11) is 0. The third-order valence-electron chi connectivity index (χ3n) is 7.55. The number of para-hydroxylation sites is 3. The van der Waals surface area contributed by atoms with Gasteiger partial charge in [-0.25, -0.2) is 4.98 Å². The molecule has 0 unspecified atom stereocenters. The highest BCUT2D eigenvalue weighted by Gasteiger charge is 2.23. The fourth-order valence-electron chi connectivity index (χ4n) is 5.54. The average molecular weight is 499 g/mol. The molecule has 2 heterocycles. The molecule has 0 aliphatic rings. The van der Waals surface area contributed by atoms with E-state index in [1.165, 1.54) is 27.9 Å². The predicted octanol–water partition coefficient (Wildman–Crippen LogP) is 9.47. The van der Waals surface area contributed by atoms with Crippen molar-refractivity contribution < 1.29 is 4.42 Å². The highest BCUT2D eigenvalue weighted by atomic mass is 16.3. The number of imidazole rings is 1. The van der Waals surface area contributed by atoms with Gasteiger partial charge in [-0.15, -0.1) is 0 Å². The van der Waals surface area contributed by atoms with E-state index in [2.05, 4.69) is 123 Å². The van der Waals surface area contributed by atoms with Gasteiger partial charge in [0.1, 0.15) is 17.7 Å². The van der Waals surface area contributed by atoms with Crippen molar-refractivity contribution in [1.82, 2.24) is 9.55 Å². The van der Waals surface area contributed by atoms with Gasteiger partial charge in [0.05, 0.1) is 22.3 Å². The van der Waals surface area contributed by atoms with E-state index in [9.17, 15) is 0 Å². The maximum Gasteiger partial charge on any atom is 0.149 e. The number of rotatable bonds is 7. The molecule has 0 atom stereocenters. The van der Waals surface area contributed by atoms with Crippen molar-refractivity contribution in [3.8, 4) is 17.1 Å². The van der Waals surface area contributed by atoms with Crippen molar-refractivity contribution in [3.63, 3.8) is 0 Å². The molecule has 4 aromatic carbocycles. The lowest BCUT2D eigenvalue weighted by atomic mass is 9.92. The van der Waals surface area contributed by atoms with Gasteiger partial charge < -0.3 is 4.42 Å². The van der Waals surface area contributed by atoms with E-state index >= 15 is 0 Å². The first-order valence-electron chi connectivity index (χ1n) is 13.7. The Kier molecular flexibility index (Phi) is 6.37. The van der Waals surface area contributed by atoms with E-state index in [4.69, 9.17) is 9.40 Å². The van der Waals surface area contributed by atoms with Gasteiger partial charge in [0.25, 0.3) is 0 Å². The summed E-state index contributed by atoms with van der Waals surface area (Å²) in [5.41, 5.74) is 10.6. The molecule has 2 aromatic heterocycles. The fourth-order valence-corrected chi connectivity index (χ4v) is 5.54. The number of aromatic nitrogens is 2. The summed E-state index contributed by atoms with van der Waals surface area (Å²) >= 11 is 0. The van der Waals surface area contributed by atoms with E-state index in [-0.39, 0.29) is 0 Å². The van der Waals surface area contributed by atoms with Gasteiger partial charge in [0.2, 0.25) is 0 Å². The van der Waals surface area contributed by atoms with Crippen LogP contribution in [0.2, 0.25) is 0 Å². The van der Waals surface area contributed by atoms with Crippen LogP contribution in [0.1, 0.15) is 61.8 Å². The van der Waals surface area contributed by atoms with Gasteiger partial charge >= 0.3 is 0 Å². The molecular formula is C35H34N2O. The lowest BCUT2D eigenvalue weighted by Gasteiger charge is -2.22. The van der Waals surface area contributed by atoms with E-state index in [1.807, 2.05) is 6.26 Å². The Morgan fingerprint density at radius 2 is 1.39 bits per heavy atom. The first-order valence-corrected chi connectivity index (χ1v) is 13.7. The first-order chi connectivity index (χ1) is 18.5. The molecular weight excluding hydrogens is 464 g/mol. The van der Waals surface area contributed by atoms with Crippen LogP contribution in [0.3, 0.4) is 0 Å². The smallest absolute Gasteiger partial charge is 0.149 e. The molecule has 0 bridgehead atoms. The Balaban J connectivity index is 1.55. The molecule has 6 rings (SSSR count). The second kappa shape index (κ2) is 9.98. The van der Waals surface area contributed by atoms with Crippen molar-refractivity contribution in [1.29, 1.82) is 0 Å². The van der Waals surface area contributed by atoms with Crippen molar-refractivity contribution in [2.45, 2.75) is 52.4 Å². The number of fused-ring (bicyclic) bond motifs is 2. The first kappa shape index (κ1) is 24.2. The number of furan rings is 1. The Hall–Kier alpha value is -4.11. The van der Waals surface area contributed by atoms with E-state index in [1.54, 1.807) is 0 Å². The molecule has 6 aromatic rings. The molecule has 3 heteroatoms. The van der Waals surface area contributed by atoms with Gasteiger partial charge in [-0.1, -0.05) is 94.4 Å². The second-order valence-corrected chi connectivity index (χ2v) is 10.8. The summed E-state index contributed by atoms with van der Waals surface area (Å²) in [6.45, 7) is 9.09. The molecule has 0 radical (unpaired) electrons. The monoisotopic (exact) mass is 498 g/mol. The van der Waals surface area contributed by atoms with Crippen molar-refractivity contribution in [2.75, 3.05) is 0 Å². The lowest BCUT2D eigenvalue weighted by Crippen LogP contribution is -2.08. The molecule has 0 amide bonds. The van der Waals surface area contributed by atoms with Crippen molar-refractivity contribution >= 4 is 22.0 Å². The number of aryl methyl sites for hydroxylation is 2. The van der Waals surface area contributed by atoms with Gasteiger partial charge in [-0.05, 0) is 71.2 Å². The van der Waals surface area contributed by atoms with E-state index < -0.39 is 0 Å². The Labute approximate surface area is 224 Å². The molecule has 190 valence electrons. The van der Waals surface area contributed by atoms with Crippen molar-refractivity contribution in [3.05, 3.63) is 120 Å². The third-order valence-corrected chi connectivity index (χ3v) is 7.55. The molecule has 0 fully saturated rings. The summed E-state index contributed by atoms with van der Waals surface area (Å²) in [4.78, 5) is 5.21. The van der Waals surface area contributed by atoms with Gasteiger partial charge in [0.15, 0.2) is 0 Å². The normalized spacial score (nSPS) is 11.8. The quantitative estimate of drug-likeness (QED) is 0.219. The van der Waals surface area contributed by atoms with Gasteiger partial charge in [-0.3, -0.25) is 4.57 Å². The minimum atomic E-state index is 0.378. The fraction of sp³-hybridized carbons (Fsp3) is 0.229. The molecule has 38 heavy (non-hydrogen) atoms. The highest BCUT2D eigenvalue weighted by molar-refractivity contribution is 5.96. The zero-order chi connectivity index (χ0) is 26.2. The molecule has 0 spiro atoms. The SMILES string of the molecule is CC(C)c1cccc(C(C)C)c1-n1c(-c2coc3ccc(CCc4ccccc4)cc23)nc2ccccc21. The lowest BCUT2D eigenvalue weighted by molar-refractivity contribution is 0.616. The van der Waals surface area contributed by atoms with Crippen LogP contribution in [0.25, 0.3) is 39.1 Å². The zero-order valence-corrected chi connectivity index (χ0v) is 22.6. The molecule has 0 saturated heterocycles. The van der Waals surface area contributed by atoms with Crippen LogP contribution in [0.15, 0.2) is 102 Å². The summed E-state index contributed by atoms with van der Waals surface area (Å²) in [6.07, 6.45) is 3.88. The van der Waals surface area contributed by atoms with E-state index in [0.717, 1.165) is 46.2 Å². The maximum atomic E-state index is 6.11. The van der Waals surface area contributed by atoms with Crippen LogP contribution in [0.4, 0.5) is 0 Å². The topological polar surface area (TPSA) is 31.0 Å². The molecule has 0 saturated carbocycles. The molecule has 0 aliphatic carbocycles. The van der Waals surface area contributed by atoms with Crippen LogP contribution < -0.4 is 0 Å². The standard InChI is InChI=1S/C35H34N2O/c1-23(2)27-13-10-14-28(24(3)4)34(27)37-32-16-9-8-15-31(32)36-35(37)30-22-38-33-20-19-26(21-29(30)33)18-17-25-11-6-5-7-12-25/h5-16,19-24H,17-18H2,1-4H3. The average Bonchev–Trinajstić information content (AvgIpc) is 3.52. The van der Waals surface area contributed by atoms with Gasteiger partial charge in [-0.2, -0.15) is 0 Å². The van der Waals surface area contributed by atoms with Gasteiger partial charge in [0, 0.05) is 5.39 Å². The number of hydrogen-bond donors (Lipinski definition) is 0. The maximum absolute atomic E-state index is 6.11. The Bertz CT molecular complexity index is 1690. The largest absolute Gasteiger partial charge is 0.464 e. The minimum absolute atomic E-state index is 0.378. The third kappa shape index (κ3) is 4.32. The Morgan fingerprint density at radius 1 is 0.711 bits per heavy atom. The second-order valence-electron chi connectivity index (χ2n) is 10.8. The van der Waals surface area contributed by atoms with Crippen molar-refractivity contribution in [2.24, 2.45) is 0 Å². The van der Waals surface area contributed by atoms with Crippen LogP contribution in [-0.4, -0.2) is 9.55 Å². The summed E-state index contributed by atoms with van der Waals surface area (Å²) in [6, 6.07) is 32.4. The Morgan fingerprint density at radius 3 is 2.13 bits per heavy atom. The van der Waals surface area contributed by atoms with Crippen LogP contribution >= 0.6 is 0 Å². The minimum Gasteiger partial charge on any atom is -0.464 e. The zero-order valence-electron chi connectivity index (χ0n) is 22.6. The summed E-state index contributed by atoms with van der Waals surface area (Å²) in [5.74, 6) is 1.69. The summed E-state index contributed by atoms with van der Waals surface area (Å²) < 4.78 is 8.49. The molecule has 3 nitrogen and oxygen atoms in total. The molecule has 0 aliphatic heterocycles. The van der Waals surface area contributed by atoms with Crippen LogP contribution in [0.5, 0.6) is 0 Å². The predicted molar refractivity (Wildman–Crippen MR) is 158 cm³/mol. The number of nitrogens with zero attached hydrogens (tertiary/aromatic N) is 2. The highest BCUT2D eigenvalue weighted by Crippen LogP contribution is 2.39. The number of hydrogen-bond acceptors (Lipinski definition) is 2. The van der Waals surface area contributed by atoms with Crippen LogP contribution in [-0.2, 0) is 12.8 Å². The number of benzene rings is 4.